The van der Waals surface area contributed by atoms with Crippen LogP contribution in [-0.4, -0.2) is 28.1 Å². The molecule has 1 aliphatic carbocycles. The molecule has 0 spiro atoms. The third-order valence-electron chi connectivity index (χ3n) is 4.16. The van der Waals surface area contributed by atoms with Gasteiger partial charge >= 0.3 is 5.97 Å². The molecular weight excluding hydrogens is 320 g/mol. The van der Waals surface area contributed by atoms with Crippen LogP contribution in [0.15, 0.2) is 42.6 Å². The van der Waals surface area contributed by atoms with Crippen LogP contribution in [0.1, 0.15) is 41.6 Å². The largest absolute Gasteiger partial charge is 0.481 e. The molecule has 1 aromatic heterocycles. The lowest BCUT2D eigenvalue weighted by atomic mass is 10.1. The molecule has 0 unspecified atom stereocenters. The molecule has 25 heavy (non-hydrogen) atoms. The van der Waals surface area contributed by atoms with E-state index in [1.807, 2.05) is 0 Å². The van der Waals surface area contributed by atoms with Crippen LogP contribution in [0, 0.1) is 0 Å². The van der Waals surface area contributed by atoms with Crippen LogP contribution in [0.5, 0.6) is 5.88 Å². The third-order valence-corrected chi connectivity index (χ3v) is 4.16. The predicted molar refractivity (Wildman–Crippen MR) is 92.9 cm³/mol. The zero-order chi connectivity index (χ0) is 17.6. The highest BCUT2D eigenvalue weighted by molar-refractivity contribution is 6.04. The Labute approximate surface area is 145 Å². The molecule has 1 saturated carbocycles. The van der Waals surface area contributed by atoms with Crippen molar-refractivity contribution in [1.82, 2.24) is 4.98 Å². The number of carbonyl (C=O) groups is 2. The van der Waals surface area contributed by atoms with Gasteiger partial charge in [-0.25, -0.2) is 4.98 Å². The summed E-state index contributed by atoms with van der Waals surface area (Å²) in [4.78, 5) is 27.1. The van der Waals surface area contributed by atoms with Crippen molar-refractivity contribution >= 4 is 17.6 Å². The molecular formula is C19H20N2O4. The number of pyridine rings is 1. The van der Waals surface area contributed by atoms with Crippen LogP contribution in [0.4, 0.5) is 5.69 Å². The van der Waals surface area contributed by atoms with E-state index in [0.29, 0.717) is 22.7 Å². The Kier molecular flexibility index (Phi) is 5.28. The van der Waals surface area contributed by atoms with Gasteiger partial charge in [-0.15, -0.1) is 0 Å². The Hall–Kier alpha value is -2.89. The van der Waals surface area contributed by atoms with Crippen molar-refractivity contribution in [3.05, 3.63) is 53.7 Å². The van der Waals surface area contributed by atoms with Gasteiger partial charge in [-0.05, 0) is 49.4 Å². The number of anilines is 1. The number of rotatable bonds is 6. The van der Waals surface area contributed by atoms with Crippen LogP contribution in [0.2, 0.25) is 0 Å². The van der Waals surface area contributed by atoms with E-state index in [4.69, 9.17) is 9.84 Å². The molecule has 0 saturated heterocycles. The maximum Gasteiger partial charge on any atom is 0.307 e. The fourth-order valence-electron chi connectivity index (χ4n) is 2.85. The van der Waals surface area contributed by atoms with Gasteiger partial charge in [0, 0.05) is 18.0 Å². The zero-order valence-electron chi connectivity index (χ0n) is 13.8. The predicted octanol–water partition coefficient (Wildman–Crippen LogP) is 3.28. The molecule has 1 aliphatic rings. The average molecular weight is 340 g/mol. The number of amides is 1. The van der Waals surface area contributed by atoms with Gasteiger partial charge in [0.1, 0.15) is 6.10 Å². The quantitative estimate of drug-likeness (QED) is 0.842. The molecule has 3 rings (SSSR count). The van der Waals surface area contributed by atoms with E-state index in [-0.39, 0.29) is 18.4 Å². The smallest absolute Gasteiger partial charge is 0.307 e. The molecule has 0 radical (unpaired) electrons. The van der Waals surface area contributed by atoms with Gasteiger partial charge in [-0.1, -0.05) is 12.1 Å². The molecule has 0 atom stereocenters. The first kappa shape index (κ1) is 17.0. The van der Waals surface area contributed by atoms with Gasteiger partial charge in [0.25, 0.3) is 5.91 Å². The first-order valence-corrected chi connectivity index (χ1v) is 8.35. The Bertz CT molecular complexity index is 735. The second-order valence-corrected chi connectivity index (χ2v) is 6.13. The minimum absolute atomic E-state index is 0.0411. The van der Waals surface area contributed by atoms with E-state index < -0.39 is 5.97 Å². The van der Waals surface area contributed by atoms with Crippen molar-refractivity contribution in [1.29, 1.82) is 0 Å². The van der Waals surface area contributed by atoms with E-state index in [2.05, 4.69) is 10.3 Å². The van der Waals surface area contributed by atoms with Gasteiger partial charge < -0.3 is 15.2 Å². The van der Waals surface area contributed by atoms with Gasteiger partial charge in [-0.2, -0.15) is 0 Å². The number of hydrogen-bond donors (Lipinski definition) is 2. The number of carbonyl (C=O) groups excluding carboxylic acids is 1. The average Bonchev–Trinajstić information content (AvgIpc) is 3.10. The summed E-state index contributed by atoms with van der Waals surface area (Å²) in [6.07, 6.45) is 6.19. The Morgan fingerprint density at radius 2 is 1.84 bits per heavy atom. The highest BCUT2D eigenvalue weighted by Gasteiger charge is 2.17. The number of carboxylic acid groups (broad SMARTS) is 1. The molecule has 2 aromatic rings. The molecule has 1 heterocycles. The van der Waals surface area contributed by atoms with Crippen molar-refractivity contribution in [3.63, 3.8) is 0 Å². The topological polar surface area (TPSA) is 88.5 Å². The SMILES string of the molecule is O=C(O)Cc1ccc(NC(=O)c2ccc(OC3CCCC3)nc2)cc1. The second kappa shape index (κ2) is 7.79. The number of hydrogen-bond acceptors (Lipinski definition) is 4. The summed E-state index contributed by atoms with van der Waals surface area (Å²) in [7, 11) is 0. The maximum absolute atomic E-state index is 12.2. The summed E-state index contributed by atoms with van der Waals surface area (Å²) >= 11 is 0. The van der Waals surface area contributed by atoms with E-state index in [1.54, 1.807) is 36.4 Å². The lowest BCUT2D eigenvalue weighted by molar-refractivity contribution is -0.136. The number of aromatic nitrogens is 1. The molecule has 1 fully saturated rings. The summed E-state index contributed by atoms with van der Waals surface area (Å²) in [6, 6.07) is 10.1. The van der Waals surface area contributed by atoms with Crippen LogP contribution < -0.4 is 10.1 Å². The number of carboxylic acids is 1. The van der Waals surface area contributed by atoms with Gasteiger partial charge in [0.2, 0.25) is 5.88 Å². The summed E-state index contributed by atoms with van der Waals surface area (Å²) in [5.41, 5.74) is 1.72. The number of nitrogens with zero attached hydrogens (tertiary/aromatic N) is 1. The van der Waals surface area contributed by atoms with Gasteiger partial charge in [0.05, 0.1) is 12.0 Å². The standard InChI is InChI=1S/C19H20N2O4/c22-18(23)11-13-5-8-15(9-6-13)21-19(24)14-7-10-17(20-12-14)25-16-3-1-2-4-16/h5-10,12,16H,1-4,11H2,(H,21,24)(H,22,23). The molecule has 1 amide bonds. The van der Waals surface area contributed by atoms with E-state index in [9.17, 15) is 9.59 Å². The zero-order valence-corrected chi connectivity index (χ0v) is 13.8. The van der Waals surface area contributed by atoms with Gasteiger partial charge in [-0.3, -0.25) is 9.59 Å². The lowest BCUT2D eigenvalue weighted by Crippen LogP contribution is -2.14. The second-order valence-electron chi connectivity index (χ2n) is 6.13. The van der Waals surface area contributed by atoms with Crippen molar-refractivity contribution in [2.75, 3.05) is 5.32 Å². The van der Waals surface area contributed by atoms with E-state index in [1.165, 1.54) is 19.0 Å². The lowest BCUT2D eigenvalue weighted by Gasteiger charge is -2.12. The Morgan fingerprint density at radius 3 is 2.44 bits per heavy atom. The highest BCUT2D eigenvalue weighted by atomic mass is 16.5. The van der Waals surface area contributed by atoms with Crippen molar-refractivity contribution in [2.24, 2.45) is 0 Å². The van der Waals surface area contributed by atoms with Crippen LogP contribution in [-0.2, 0) is 11.2 Å². The third kappa shape index (κ3) is 4.79. The van der Waals surface area contributed by atoms with Crippen LogP contribution in [0.25, 0.3) is 0 Å². The molecule has 6 heteroatoms. The number of ether oxygens (including phenoxy) is 1. The normalized spacial score (nSPS) is 14.2. The fourth-order valence-corrected chi connectivity index (χ4v) is 2.85. The number of nitrogens with one attached hydrogen (secondary N) is 1. The van der Waals surface area contributed by atoms with E-state index >= 15 is 0 Å². The van der Waals surface area contributed by atoms with Gasteiger partial charge in [0.15, 0.2) is 0 Å². The van der Waals surface area contributed by atoms with Crippen molar-refractivity contribution in [2.45, 2.75) is 38.2 Å². The Balaban J connectivity index is 1.57. The Morgan fingerprint density at radius 1 is 1.12 bits per heavy atom. The number of benzene rings is 1. The molecule has 0 aliphatic heterocycles. The maximum atomic E-state index is 12.2. The molecule has 130 valence electrons. The molecule has 2 N–H and O–H groups in total. The summed E-state index contributed by atoms with van der Waals surface area (Å²) in [6.45, 7) is 0. The summed E-state index contributed by atoms with van der Waals surface area (Å²) < 4.78 is 5.78. The fraction of sp³-hybridized carbons (Fsp3) is 0.316. The summed E-state index contributed by atoms with van der Waals surface area (Å²) in [5.74, 6) is -0.616. The first-order valence-electron chi connectivity index (χ1n) is 8.35. The monoisotopic (exact) mass is 340 g/mol. The van der Waals surface area contributed by atoms with Crippen LogP contribution in [0.3, 0.4) is 0 Å². The minimum Gasteiger partial charge on any atom is -0.481 e. The van der Waals surface area contributed by atoms with Crippen molar-refractivity contribution < 1.29 is 19.4 Å². The minimum atomic E-state index is -0.886. The van der Waals surface area contributed by atoms with Crippen molar-refractivity contribution in [3.8, 4) is 5.88 Å². The summed E-state index contributed by atoms with van der Waals surface area (Å²) in [5, 5.41) is 11.5. The first-order chi connectivity index (χ1) is 12.1. The highest BCUT2D eigenvalue weighted by Crippen LogP contribution is 2.23. The molecule has 1 aromatic carbocycles. The molecule has 6 nitrogen and oxygen atoms in total. The van der Waals surface area contributed by atoms with E-state index in [0.717, 1.165) is 12.8 Å². The van der Waals surface area contributed by atoms with Crippen LogP contribution >= 0.6 is 0 Å². The number of aliphatic carboxylic acids is 1. The molecule has 0 bridgehead atoms.